The van der Waals surface area contributed by atoms with Gasteiger partial charge in [-0.05, 0) is 103 Å². The molecule has 0 saturated heterocycles. The van der Waals surface area contributed by atoms with Gasteiger partial charge in [-0.15, -0.1) is 0 Å². The molecule has 0 saturated carbocycles. The van der Waals surface area contributed by atoms with Crippen LogP contribution in [0.2, 0.25) is 0 Å². The van der Waals surface area contributed by atoms with Crippen molar-refractivity contribution in [1.82, 2.24) is 15.0 Å². The zero-order valence-corrected chi connectivity index (χ0v) is 35.5. The van der Waals surface area contributed by atoms with Crippen molar-refractivity contribution in [3.05, 3.63) is 223 Å². The normalized spacial score (nSPS) is 12.8. The van der Waals surface area contributed by atoms with E-state index in [0.29, 0.717) is 17.5 Å². The van der Waals surface area contributed by atoms with Crippen LogP contribution in [0.4, 0.5) is 0 Å². The fourth-order valence-electron chi connectivity index (χ4n) is 9.66. The zero-order chi connectivity index (χ0) is 42.8. The Kier molecular flexibility index (Phi) is 8.80. The summed E-state index contributed by atoms with van der Waals surface area (Å²) in [5.41, 5.74) is 11.6. The summed E-state index contributed by atoms with van der Waals surface area (Å²) in [6, 6.07) is 75.2. The lowest BCUT2D eigenvalue weighted by Gasteiger charge is -2.35. The first kappa shape index (κ1) is 37.5. The van der Waals surface area contributed by atoms with Crippen LogP contribution in [0.25, 0.3) is 99.9 Å². The molecule has 0 amide bonds. The highest BCUT2D eigenvalue weighted by molar-refractivity contribution is 6.14. The average molecular weight is 820 g/mol. The van der Waals surface area contributed by atoms with Gasteiger partial charge in [0.15, 0.2) is 17.5 Å². The lowest BCUT2D eigenvalue weighted by molar-refractivity contribution is 0.423. The Balaban J connectivity index is 1.09. The third-order valence-corrected chi connectivity index (χ3v) is 12.9. The van der Waals surface area contributed by atoms with Crippen LogP contribution in [0.3, 0.4) is 0 Å². The van der Waals surface area contributed by atoms with Crippen LogP contribution in [0, 0.1) is 0 Å². The van der Waals surface area contributed by atoms with E-state index in [0.717, 1.165) is 66.8 Å². The molecule has 12 rings (SSSR count). The average Bonchev–Trinajstić information content (AvgIpc) is 3.36. The number of hydrogen-bond acceptors (Lipinski definition) is 4. The first-order valence-corrected chi connectivity index (χ1v) is 21.8. The van der Waals surface area contributed by atoms with Crippen molar-refractivity contribution in [3.8, 4) is 79.0 Å². The van der Waals surface area contributed by atoms with Gasteiger partial charge in [0.2, 0.25) is 0 Å². The molecule has 0 N–H and O–H groups in total. The molecule has 0 bridgehead atoms. The molecule has 1 aromatic heterocycles. The molecule has 0 aliphatic carbocycles. The molecule has 4 heteroatoms. The molecular weight excluding hydrogens is 779 g/mol. The van der Waals surface area contributed by atoms with Crippen molar-refractivity contribution < 1.29 is 4.74 Å². The van der Waals surface area contributed by atoms with E-state index in [4.69, 9.17) is 19.7 Å². The predicted octanol–water partition coefficient (Wildman–Crippen LogP) is 15.8. The lowest BCUT2D eigenvalue weighted by Crippen LogP contribution is -2.24. The van der Waals surface area contributed by atoms with Crippen molar-refractivity contribution in [3.63, 3.8) is 0 Å². The van der Waals surface area contributed by atoms with Crippen LogP contribution in [0.1, 0.15) is 25.0 Å². The summed E-state index contributed by atoms with van der Waals surface area (Å²) in [5, 5.41) is 7.09. The van der Waals surface area contributed by atoms with Gasteiger partial charge in [-0.25, -0.2) is 15.0 Å². The van der Waals surface area contributed by atoms with Gasteiger partial charge in [0.25, 0.3) is 0 Å². The molecule has 64 heavy (non-hydrogen) atoms. The minimum Gasteiger partial charge on any atom is -0.456 e. The Morgan fingerprint density at radius 1 is 0.328 bits per heavy atom. The standard InChI is InChI=1S/C60H41N3O/c1-60(2)53-30-15-16-31-55(53)64-56-50-29-14-13-28-49(50)52(37-54(56)60)41-24-17-23-40(32-41)43-33-44(51-36-42-22-9-10-25-46(42)47-26-11-12-27-48(47)51)35-45(34-43)59-62-57(38-18-5-3-6-19-38)61-58(63-59)39-20-7-4-8-21-39/h3-37H,1-2H3. The number of ether oxygens (including phenoxy) is 1. The number of benzene rings is 10. The number of nitrogens with zero attached hydrogens (tertiary/aromatic N) is 3. The summed E-state index contributed by atoms with van der Waals surface area (Å²) >= 11 is 0. The Hall–Kier alpha value is -8.21. The first-order chi connectivity index (χ1) is 31.5. The summed E-state index contributed by atoms with van der Waals surface area (Å²) in [6.45, 7) is 4.61. The SMILES string of the molecule is CC1(C)c2ccccc2Oc2c1cc(-c1cccc(-c3cc(-c4nc(-c5ccccc5)nc(-c5ccccc5)n4)cc(-c4cc5ccccc5c5ccccc45)c3)c1)c1ccccc21. The van der Waals surface area contributed by atoms with E-state index in [9.17, 15) is 0 Å². The van der Waals surface area contributed by atoms with Gasteiger partial charge in [0.05, 0.1) is 0 Å². The molecule has 0 spiro atoms. The molecule has 10 aromatic carbocycles. The fourth-order valence-corrected chi connectivity index (χ4v) is 9.66. The van der Waals surface area contributed by atoms with Crippen molar-refractivity contribution in [1.29, 1.82) is 0 Å². The Morgan fingerprint density at radius 3 is 1.53 bits per heavy atom. The molecule has 302 valence electrons. The van der Waals surface area contributed by atoms with Crippen molar-refractivity contribution >= 4 is 32.3 Å². The maximum Gasteiger partial charge on any atom is 0.164 e. The van der Waals surface area contributed by atoms with Gasteiger partial charge in [-0.3, -0.25) is 0 Å². The second kappa shape index (κ2) is 15.0. The topological polar surface area (TPSA) is 47.9 Å². The molecule has 0 unspecified atom stereocenters. The van der Waals surface area contributed by atoms with Crippen molar-refractivity contribution in [2.45, 2.75) is 19.3 Å². The number of hydrogen-bond donors (Lipinski definition) is 0. The third-order valence-electron chi connectivity index (χ3n) is 12.9. The third kappa shape index (κ3) is 6.34. The summed E-state index contributed by atoms with van der Waals surface area (Å²) in [4.78, 5) is 15.5. The Morgan fingerprint density at radius 2 is 0.812 bits per heavy atom. The zero-order valence-electron chi connectivity index (χ0n) is 35.5. The van der Waals surface area contributed by atoms with E-state index in [1.165, 1.54) is 38.2 Å². The van der Waals surface area contributed by atoms with E-state index >= 15 is 0 Å². The smallest absolute Gasteiger partial charge is 0.164 e. The molecule has 0 radical (unpaired) electrons. The summed E-state index contributed by atoms with van der Waals surface area (Å²) in [7, 11) is 0. The van der Waals surface area contributed by atoms with Gasteiger partial charge in [-0.2, -0.15) is 0 Å². The lowest BCUT2D eigenvalue weighted by atomic mass is 9.74. The maximum atomic E-state index is 6.73. The minimum absolute atomic E-state index is 0.270. The predicted molar refractivity (Wildman–Crippen MR) is 264 cm³/mol. The van der Waals surface area contributed by atoms with Crippen LogP contribution in [-0.4, -0.2) is 15.0 Å². The van der Waals surface area contributed by atoms with Gasteiger partial charge < -0.3 is 4.74 Å². The van der Waals surface area contributed by atoms with Crippen LogP contribution in [-0.2, 0) is 5.41 Å². The van der Waals surface area contributed by atoms with Crippen molar-refractivity contribution in [2.75, 3.05) is 0 Å². The van der Waals surface area contributed by atoms with Crippen LogP contribution < -0.4 is 4.74 Å². The van der Waals surface area contributed by atoms with Crippen molar-refractivity contribution in [2.24, 2.45) is 0 Å². The van der Waals surface area contributed by atoms with Gasteiger partial charge in [0.1, 0.15) is 11.5 Å². The molecule has 0 atom stereocenters. The fraction of sp³-hybridized carbons (Fsp3) is 0.0500. The van der Waals surface area contributed by atoms with Gasteiger partial charge in [0, 0.05) is 38.6 Å². The summed E-state index contributed by atoms with van der Waals surface area (Å²) in [5.74, 6) is 3.72. The van der Waals surface area contributed by atoms with Gasteiger partial charge >= 0.3 is 0 Å². The highest BCUT2D eigenvalue weighted by Crippen LogP contribution is 2.52. The second-order valence-electron chi connectivity index (χ2n) is 17.2. The molecular formula is C60H41N3O. The maximum absolute atomic E-state index is 6.73. The quantitative estimate of drug-likeness (QED) is 0.157. The van der Waals surface area contributed by atoms with Gasteiger partial charge in [-0.1, -0.05) is 184 Å². The monoisotopic (exact) mass is 819 g/mol. The van der Waals surface area contributed by atoms with E-state index < -0.39 is 0 Å². The molecule has 0 fully saturated rings. The molecule has 4 nitrogen and oxygen atoms in total. The van der Waals surface area contributed by atoms with E-state index in [-0.39, 0.29) is 5.41 Å². The van der Waals surface area contributed by atoms with E-state index in [2.05, 4.69) is 190 Å². The molecule has 11 aromatic rings. The van der Waals surface area contributed by atoms with Crippen LogP contribution in [0.15, 0.2) is 212 Å². The summed E-state index contributed by atoms with van der Waals surface area (Å²) in [6.07, 6.45) is 0. The Bertz CT molecular complexity index is 3560. The number of aromatic nitrogens is 3. The largest absolute Gasteiger partial charge is 0.456 e. The Labute approximate surface area is 372 Å². The molecule has 1 aliphatic rings. The van der Waals surface area contributed by atoms with Crippen LogP contribution >= 0.6 is 0 Å². The number of fused-ring (bicyclic) bond motifs is 7. The van der Waals surface area contributed by atoms with E-state index in [1.807, 2.05) is 36.4 Å². The minimum atomic E-state index is -0.270. The molecule has 2 heterocycles. The number of rotatable bonds is 6. The highest BCUT2D eigenvalue weighted by Gasteiger charge is 2.36. The molecule has 1 aliphatic heterocycles. The first-order valence-electron chi connectivity index (χ1n) is 21.8. The van der Waals surface area contributed by atoms with Crippen LogP contribution in [0.5, 0.6) is 11.5 Å². The summed E-state index contributed by atoms with van der Waals surface area (Å²) < 4.78 is 6.73. The van der Waals surface area contributed by atoms with E-state index in [1.54, 1.807) is 0 Å². The highest BCUT2D eigenvalue weighted by atomic mass is 16.5. The number of para-hydroxylation sites is 1. The second-order valence-corrected chi connectivity index (χ2v) is 17.2.